The summed E-state index contributed by atoms with van der Waals surface area (Å²) >= 11 is 0. The van der Waals surface area contributed by atoms with Crippen LogP contribution < -0.4 is 10.0 Å². The van der Waals surface area contributed by atoms with Crippen LogP contribution >= 0.6 is 12.4 Å². The van der Waals surface area contributed by atoms with Crippen LogP contribution in [0.1, 0.15) is 13.3 Å². The van der Waals surface area contributed by atoms with E-state index in [2.05, 4.69) is 10.0 Å². The second-order valence-electron chi connectivity index (χ2n) is 3.04. The molecule has 0 fully saturated rings. The summed E-state index contributed by atoms with van der Waals surface area (Å²) in [4.78, 5) is 0. The lowest BCUT2D eigenvalue weighted by Gasteiger charge is -2.14. The van der Waals surface area contributed by atoms with Crippen LogP contribution in [0.2, 0.25) is 0 Å². The molecule has 0 bridgehead atoms. The van der Waals surface area contributed by atoms with Crippen LogP contribution in [-0.2, 0) is 10.0 Å². The zero-order chi connectivity index (χ0) is 9.73. The van der Waals surface area contributed by atoms with Gasteiger partial charge in [-0.25, -0.2) is 13.1 Å². The van der Waals surface area contributed by atoms with Gasteiger partial charge in [0.05, 0.1) is 5.75 Å². The molecule has 0 atom stereocenters. The third-order valence-electron chi connectivity index (χ3n) is 2.06. The van der Waals surface area contributed by atoms with Crippen molar-refractivity contribution < 1.29 is 8.42 Å². The van der Waals surface area contributed by atoms with Gasteiger partial charge in [-0.15, -0.1) is 12.4 Å². The molecular weight excluding hydrogens is 224 g/mol. The van der Waals surface area contributed by atoms with Crippen LogP contribution in [0.5, 0.6) is 0 Å². The summed E-state index contributed by atoms with van der Waals surface area (Å²) in [7, 11) is -3.03. The lowest BCUT2D eigenvalue weighted by atomic mass is 10.1. The monoisotopic (exact) mass is 240 g/mol. The Balaban J connectivity index is 0.00000169. The molecule has 14 heavy (non-hydrogen) atoms. The Morgan fingerprint density at radius 1 is 1.57 bits per heavy atom. The van der Waals surface area contributed by atoms with Gasteiger partial charge in [0.1, 0.15) is 0 Å². The van der Waals surface area contributed by atoms with Crippen LogP contribution in [0.4, 0.5) is 0 Å². The Hall–Kier alpha value is -0.100. The first-order valence-electron chi connectivity index (χ1n) is 4.50. The molecule has 0 saturated heterocycles. The molecule has 0 spiro atoms. The first-order valence-corrected chi connectivity index (χ1v) is 6.15. The fourth-order valence-corrected chi connectivity index (χ4v) is 1.74. The maximum atomic E-state index is 11.1. The molecular formula is C8H17ClN2O2S. The number of halogens is 1. The van der Waals surface area contributed by atoms with Crippen LogP contribution in [0.3, 0.4) is 0 Å². The molecule has 0 aliphatic carbocycles. The van der Waals surface area contributed by atoms with Crippen molar-refractivity contribution in [3.63, 3.8) is 0 Å². The van der Waals surface area contributed by atoms with Gasteiger partial charge in [0.25, 0.3) is 0 Å². The molecule has 1 aliphatic heterocycles. The maximum absolute atomic E-state index is 11.1. The summed E-state index contributed by atoms with van der Waals surface area (Å²) < 4.78 is 24.7. The molecule has 0 aromatic heterocycles. The Kier molecular flexibility index (Phi) is 6.35. The van der Waals surface area contributed by atoms with E-state index in [1.54, 1.807) is 6.92 Å². The molecule has 2 N–H and O–H groups in total. The number of rotatable bonds is 4. The third-order valence-corrected chi connectivity index (χ3v) is 3.40. The van der Waals surface area contributed by atoms with Crippen molar-refractivity contribution in [2.75, 3.05) is 25.4 Å². The van der Waals surface area contributed by atoms with Gasteiger partial charge in [-0.2, -0.15) is 0 Å². The smallest absolute Gasteiger partial charge is 0.211 e. The van der Waals surface area contributed by atoms with Crippen molar-refractivity contribution in [3.05, 3.63) is 11.6 Å². The van der Waals surface area contributed by atoms with Gasteiger partial charge >= 0.3 is 0 Å². The first kappa shape index (κ1) is 13.9. The van der Waals surface area contributed by atoms with Crippen molar-refractivity contribution in [3.8, 4) is 0 Å². The highest BCUT2D eigenvalue weighted by Gasteiger charge is 2.08. The van der Waals surface area contributed by atoms with Crippen molar-refractivity contribution >= 4 is 22.4 Å². The third kappa shape index (κ3) is 4.95. The molecule has 0 aromatic carbocycles. The van der Waals surface area contributed by atoms with Gasteiger partial charge in [-0.1, -0.05) is 11.6 Å². The molecule has 0 unspecified atom stereocenters. The van der Waals surface area contributed by atoms with Crippen molar-refractivity contribution in [1.82, 2.24) is 10.0 Å². The van der Waals surface area contributed by atoms with Crippen molar-refractivity contribution in [2.45, 2.75) is 13.3 Å². The number of hydrogen-bond acceptors (Lipinski definition) is 3. The molecule has 0 radical (unpaired) electrons. The summed E-state index contributed by atoms with van der Waals surface area (Å²) in [5.41, 5.74) is 1.18. The van der Waals surface area contributed by atoms with E-state index in [-0.39, 0.29) is 18.2 Å². The second-order valence-corrected chi connectivity index (χ2v) is 5.14. The zero-order valence-electron chi connectivity index (χ0n) is 8.25. The fraction of sp³-hybridized carbons (Fsp3) is 0.750. The summed E-state index contributed by atoms with van der Waals surface area (Å²) in [6, 6.07) is 0. The Labute approximate surface area is 91.6 Å². The highest BCUT2D eigenvalue weighted by molar-refractivity contribution is 7.89. The minimum atomic E-state index is -3.03. The summed E-state index contributed by atoms with van der Waals surface area (Å²) in [6.07, 6.45) is 2.98. The maximum Gasteiger partial charge on any atom is 0.211 e. The van der Waals surface area contributed by atoms with Crippen LogP contribution in [0, 0.1) is 0 Å². The molecule has 1 aliphatic rings. The number of hydrogen-bond donors (Lipinski definition) is 2. The van der Waals surface area contributed by atoms with Crippen LogP contribution in [0.15, 0.2) is 11.6 Å². The Morgan fingerprint density at radius 2 is 2.29 bits per heavy atom. The predicted molar refractivity (Wildman–Crippen MR) is 60.3 cm³/mol. The second kappa shape index (κ2) is 6.40. The average molecular weight is 241 g/mol. The SMILES string of the molecule is CCS(=O)(=O)NCC1=CCNCC1.Cl. The topological polar surface area (TPSA) is 58.2 Å². The molecule has 0 aromatic rings. The highest BCUT2D eigenvalue weighted by atomic mass is 35.5. The molecule has 1 rings (SSSR count). The minimum Gasteiger partial charge on any atom is -0.313 e. The van der Waals surface area contributed by atoms with Gasteiger partial charge < -0.3 is 5.32 Å². The average Bonchev–Trinajstić information content (AvgIpc) is 2.17. The van der Waals surface area contributed by atoms with E-state index in [0.717, 1.165) is 19.5 Å². The van der Waals surface area contributed by atoms with E-state index in [0.29, 0.717) is 6.54 Å². The van der Waals surface area contributed by atoms with Gasteiger partial charge in [-0.3, -0.25) is 0 Å². The Morgan fingerprint density at radius 3 is 2.79 bits per heavy atom. The van der Waals surface area contributed by atoms with E-state index in [4.69, 9.17) is 0 Å². The van der Waals surface area contributed by atoms with Crippen LogP contribution in [0.25, 0.3) is 0 Å². The lowest BCUT2D eigenvalue weighted by Crippen LogP contribution is -2.30. The largest absolute Gasteiger partial charge is 0.313 e. The van der Waals surface area contributed by atoms with Gasteiger partial charge in [0.15, 0.2) is 0 Å². The van der Waals surface area contributed by atoms with Gasteiger partial charge in [0, 0.05) is 13.1 Å². The summed E-state index contributed by atoms with van der Waals surface area (Å²) in [5, 5.41) is 3.17. The van der Waals surface area contributed by atoms with E-state index >= 15 is 0 Å². The van der Waals surface area contributed by atoms with E-state index in [9.17, 15) is 8.42 Å². The van der Waals surface area contributed by atoms with E-state index < -0.39 is 10.0 Å². The van der Waals surface area contributed by atoms with Gasteiger partial charge in [0.2, 0.25) is 10.0 Å². The van der Waals surface area contributed by atoms with Gasteiger partial charge in [-0.05, 0) is 19.9 Å². The van der Waals surface area contributed by atoms with E-state index in [1.807, 2.05) is 6.08 Å². The number of sulfonamides is 1. The fourth-order valence-electron chi connectivity index (χ4n) is 1.13. The van der Waals surface area contributed by atoms with E-state index in [1.165, 1.54) is 5.57 Å². The molecule has 1 heterocycles. The predicted octanol–water partition coefficient (Wildman–Crippen LogP) is 0.267. The summed E-state index contributed by atoms with van der Waals surface area (Å²) in [5.74, 6) is 0.151. The quantitative estimate of drug-likeness (QED) is 0.694. The molecule has 6 heteroatoms. The van der Waals surface area contributed by atoms with Crippen LogP contribution in [-0.4, -0.2) is 33.8 Å². The van der Waals surface area contributed by atoms with Crippen molar-refractivity contribution in [1.29, 1.82) is 0 Å². The summed E-state index contributed by atoms with van der Waals surface area (Å²) in [6.45, 7) is 3.90. The molecule has 0 saturated carbocycles. The zero-order valence-corrected chi connectivity index (χ0v) is 9.88. The minimum absolute atomic E-state index is 0. The number of nitrogens with one attached hydrogen (secondary N) is 2. The molecule has 0 amide bonds. The normalized spacial score (nSPS) is 17.1. The molecule has 4 nitrogen and oxygen atoms in total. The highest BCUT2D eigenvalue weighted by Crippen LogP contribution is 2.02. The first-order chi connectivity index (χ1) is 6.14. The van der Waals surface area contributed by atoms with Crippen molar-refractivity contribution in [2.24, 2.45) is 0 Å². The Bertz CT molecular complexity index is 288. The standard InChI is InChI=1S/C8H16N2O2S.ClH/c1-2-13(11,12)10-7-8-3-5-9-6-4-8;/h3,9-10H,2,4-7H2,1H3;1H. The lowest BCUT2D eigenvalue weighted by molar-refractivity contribution is 0.583. The molecule has 84 valence electrons.